The fourth-order valence-corrected chi connectivity index (χ4v) is 2.66. The molecule has 1 fully saturated rings. The van der Waals surface area contributed by atoms with Gasteiger partial charge in [0, 0.05) is 5.56 Å². The maximum atomic E-state index is 13.0. The molecule has 6 heteroatoms. The fraction of sp³-hybridized carbons (Fsp3) is 0. The first-order valence-electron chi connectivity index (χ1n) is 7.90. The Morgan fingerprint density at radius 2 is 1.65 bits per heavy atom. The highest BCUT2D eigenvalue weighted by Gasteiger charge is 2.34. The van der Waals surface area contributed by atoms with Crippen LogP contribution in [0.5, 0.6) is 0 Å². The number of anilines is 1. The zero-order valence-electron chi connectivity index (χ0n) is 13.5. The van der Waals surface area contributed by atoms with Gasteiger partial charge in [-0.05, 0) is 42.5 Å². The second-order valence-electron chi connectivity index (χ2n) is 5.68. The third-order valence-electron chi connectivity index (χ3n) is 3.95. The quantitative estimate of drug-likeness (QED) is 0.582. The minimum atomic E-state index is -0.544. The van der Waals surface area contributed by atoms with Gasteiger partial charge in [0.15, 0.2) is 0 Å². The molecule has 0 saturated carbocycles. The van der Waals surface area contributed by atoms with Crippen molar-refractivity contribution >= 4 is 23.6 Å². The topological polar surface area (TPSA) is 62.6 Å². The second kappa shape index (κ2) is 6.33. The van der Waals surface area contributed by atoms with Gasteiger partial charge in [0.1, 0.15) is 22.9 Å². The predicted octanol–water partition coefficient (Wildman–Crippen LogP) is 3.55. The van der Waals surface area contributed by atoms with E-state index < -0.39 is 17.6 Å². The van der Waals surface area contributed by atoms with Crippen LogP contribution in [-0.4, -0.2) is 11.8 Å². The lowest BCUT2D eigenvalue weighted by atomic mass is 10.2. The van der Waals surface area contributed by atoms with Crippen molar-refractivity contribution in [3.05, 3.63) is 83.9 Å². The number of carbonyl (C=O) groups is 2. The molecule has 0 aliphatic carbocycles. The summed E-state index contributed by atoms with van der Waals surface area (Å²) in [6, 6.07) is 18.2. The van der Waals surface area contributed by atoms with Crippen LogP contribution in [0.25, 0.3) is 17.4 Å². The van der Waals surface area contributed by atoms with E-state index in [9.17, 15) is 14.0 Å². The summed E-state index contributed by atoms with van der Waals surface area (Å²) in [7, 11) is 0. The van der Waals surface area contributed by atoms with Gasteiger partial charge in [-0.15, -0.1) is 0 Å². The van der Waals surface area contributed by atoms with Gasteiger partial charge in [0.05, 0.1) is 5.69 Å². The first-order chi connectivity index (χ1) is 12.6. The van der Waals surface area contributed by atoms with E-state index in [-0.39, 0.29) is 5.57 Å². The minimum Gasteiger partial charge on any atom is -0.457 e. The van der Waals surface area contributed by atoms with Gasteiger partial charge >= 0.3 is 0 Å². The number of benzene rings is 2. The molecule has 1 N–H and O–H groups in total. The van der Waals surface area contributed by atoms with E-state index in [4.69, 9.17) is 4.42 Å². The summed E-state index contributed by atoms with van der Waals surface area (Å²) in [6.45, 7) is 0. The van der Waals surface area contributed by atoms with Crippen molar-refractivity contribution in [1.29, 1.82) is 0 Å². The van der Waals surface area contributed by atoms with E-state index in [1.165, 1.54) is 30.3 Å². The molecule has 0 radical (unpaired) electrons. The zero-order valence-corrected chi connectivity index (χ0v) is 13.5. The number of hydrogen-bond donors (Lipinski definition) is 1. The number of nitrogens with one attached hydrogen (secondary N) is 1. The molecule has 26 heavy (non-hydrogen) atoms. The number of halogens is 1. The van der Waals surface area contributed by atoms with Crippen molar-refractivity contribution in [3.63, 3.8) is 0 Å². The Hall–Kier alpha value is -3.67. The summed E-state index contributed by atoms with van der Waals surface area (Å²) in [6.07, 6.45) is 1.40. The van der Waals surface area contributed by atoms with E-state index in [0.29, 0.717) is 17.2 Å². The lowest BCUT2D eigenvalue weighted by molar-refractivity contribution is -0.117. The molecular weight excluding hydrogens is 335 g/mol. The molecule has 128 valence electrons. The van der Waals surface area contributed by atoms with Gasteiger partial charge in [0.25, 0.3) is 11.8 Å². The van der Waals surface area contributed by atoms with Gasteiger partial charge in [-0.2, -0.15) is 0 Å². The molecule has 1 saturated heterocycles. The Kier molecular flexibility index (Phi) is 3.85. The normalized spacial score (nSPS) is 15.6. The average Bonchev–Trinajstić information content (AvgIpc) is 3.24. The Morgan fingerprint density at radius 1 is 0.923 bits per heavy atom. The standard InChI is InChI=1S/C20H13FN2O3/c21-14-6-8-15(9-7-14)23-20(25)17(19(24)22-23)12-16-10-11-18(26-16)13-4-2-1-3-5-13/h1-12H,(H,22,24)/b17-12-. The molecule has 2 aromatic carbocycles. The number of carbonyl (C=O) groups excluding carboxylic acids is 2. The maximum Gasteiger partial charge on any atom is 0.282 e. The summed E-state index contributed by atoms with van der Waals surface area (Å²) in [5.41, 5.74) is 3.68. The Labute approximate surface area is 148 Å². The maximum absolute atomic E-state index is 13.0. The largest absolute Gasteiger partial charge is 0.457 e. The fourth-order valence-electron chi connectivity index (χ4n) is 2.66. The van der Waals surface area contributed by atoms with Crippen molar-refractivity contribution in [3.8, 4) is 11.3 Å². The van der Waals surface area contributed by atoms with Crippen LogP contribution >= 0.6 is 0 Å². The molecule has 0 unspecified atom stereocenters. The van der Waals surface area contributed by atoms with Crippen LogP contribution in [0.15, 0.2) is 76.7 Å². The molecule has 1 aromatic heterocycles. The van der Waals surface area contributed by atoms with Crippen LogP contribution in [0, 0.1) is 5.82 Å². The highest BCUT2D eigenvalue weighted by Crippen LogP contribution is 2.25. The van der Waals surface area contributed by atoms with Crippen LogP contribution in [0.2, 0.25) is 0 Å². The van der Waals surface area contributed by atoms with Gasteiger partial charge in [0.2, 0.25) is 0 Å². The highest BCUT2D eigenvalue weighted by atomic mass is 19.1. The molecule has 5 nitrogen and oxygen atoms in total. The van der Waals surface area contributed by atoms with Crippen LogP contribution < -0.4 is 10.4 Å². The van der Waals surface area contributed by atoms with Crippen LogP contribution in [0.1, 0.15) is 5.76 Å². The summed E-state index contributed by atoms with van der Waals surface area (Å²) in [4.78, 5) is 24.7. The van der Waals surface area contributed by atoms with Crippen molar-refractivity contribution in [2.75, 3.05) is 5.01 Å². The van der Waals surface area contributed by atoms with Crippen LogP contribution in [-0.2, 0) is 9.59 Å². The zero-order chi connectivity index (χ0) is 18.1. The van der Waals surface area contributed by atoms with E-state index in [1.807, 2.05) is 30.3 Å². The lowest BCUT2D eigenvalue weighted by Gasteiger charge is -2.14. The van der Waals surface area contributed by atoms with E-state index in [2.05, 4.69) is 5.43 Å². The Bertz CT molecular complexity index is 1010. The van der Waals surface area contributed by atoms with Crippen LogP contribution in [0.4, 0.5) is 10.1 Å². The number of hydrazine groups is 1. The molecule has 0 spiro atoms. The number of furan rings is 1. The molecule has 1 aliphatic heterocycles. The molecule has 0 bridgehead atoms. The van der Waals surface area contributed by atoms with Crippen molar-refractivity contribution in [1.82, 2.24) is 5.43 Å². The third-order valence-corrected chi connectivity index (χ3v) is 3.95. The molecule has 2 amide bonds. The molecular formula is C20H13FN2O3. The molecule has 3 aromatic rings. The first kappa shape index (κ1) is 15.8. The predicted molar refractivity (Wildman–Crippen MR) is 94.1 cm³/mol. The van der Waals surface area contributed by atoms with Gasteiger partial charge in [-0.3, -0.25) is 15.0 Å². The van der Waals surface area contributed by atoms with Gasteiger partial charge in [-0.1, -0.05) is 30.3 Å². The monoisotopic (exact) mass is 348 g/mol. The first-order valence-corrected chi connectivity index (χ1v) is 7.90. The number of amides is 2. The highest BCUT2D eigenvalue weighted by molar-refractivity contribution is 6.31. The summed E-state index contributed by atoms with van der Waals surface area (Å²) < 4.78 is 18.7. The van der Waals surface area contributed by atoms with E-state index in [1.54, 1.807) is 12.1 Å². The number of nitrogens with zero attached hydrogens (tertiary/aromatic N) is 1. The summed E-state index contributed by atoms with van der Waals surface area (Å²) in [5, 5.41) is 1.08. The van der Waals surface area contributed by atoms with Crippen molar-refractivity contribution in [2.45, 2.75) is 0 Å². The smallest absolute Gasteiger partial charge is 0.282 e. The Morgan fingerprint density at radius 3 is 2.38 bits per heavy atom. The van der Waals surface area contributed by atoms with Gasteiger partial charge in [-0.25, -0.2) is 9.40 Å². The Balaban J connectivity index is 1.61. The molecule has 4 rings (SSSR count). The molecule has 1 aliphatic rings. The van der Waals surface area contributed by atoms with Crippen molar-refractivity contribution in [2.24, 2.45) is 0 Å². The minimum absolute atomic E-state index is 0.0525. The molecule has 0 atom stereocenters. The summed E-state index contributed by atoms with van der Waals surface area (Å²) in [5.74, 6) is -0.468. The van der Waals surface area contributed by atoms with Gasteiger partial charge < -0.3 is 4.42 Å². The van der Waals surface area contributed by atoms with Crippen molar-refractivity contribution < 1.29 is 18.4 Å². The van der Waals surface area contributed by atoms with E-state index >= 15 is 0 Å². The molecule has 2 heterocycles. The lowest BCUT2D eigenvalue weighted by Crippen LogP contribution is -2.35. The SMILES string of the molecule is O=C1NN(c2ccc(F)cc2)C(=O)/C1=C\c1ccc(-c2ccccc2)o1. The number of hydrogen-bond acceptors (Lipinski definition) is 3. The number of rotatable bonds is 3. The summed E-state index contributed by atoms with van der Waals surface area (Å²) >= 11 is 0. The second-order valence-corrected chi connectivity index (χ2v) is 5.68. The third kappa shape index (κ3) is 2.88. The van der Waals surface area contributed by atoms with E-state index in [0.717, 1.165) is 10.6 Å². The average molecular weight is 348 g/mol. The van der Waals surface area contributed by atoms with Crippen LogP contribution in [0.3, 0.4) is 0 Å².